The van der Waals surface area contributed by atoms with Gasteiger partial charge in [0.15, 0.2) is 5.82 Å². The van der Waals surface area contributed by atoms with Crippen LogP contribution in [0, 0.1) is 0 Å². The molecule has 1 fully saturated rings. The minimum atomic E-state index is -0.366. The standard InChI is InChI=1S/C25H30N8O3/c1-17-15-36-13-11-33(17)24-20-7-10-32(22-6-8-26-16-28-22)14-21(20)30-23(31-24)18-2-4-19(5-3-18)29-25(35)27-9-12-34/h2-6,8,16-17,34H,7,9-15H2,1H3,(H2,27,29,35). The summed E-state index contributed by atoms with van der Waals surface area (Å²) < 4.78 is 5.68. The highest BCUT2D eigenvalue weighted by molar-refractivity contribution is 5.89. The molecule has 2 aromatic heterocycles. The fourth-order valence-corrected chi connectivity index (χ4v) is 4.53. The lowest BCUT2D eigenvalue weighted by Crippen LogP contribution is -2.45. The second kappa shape index (κ2) is 10.8. The van der Waals surface area contributed by atoms with Gasteiger partial charge in [0.2, 0.25) is 0 Å². The van der Waals surface area contributed by atoms with Crippen LogP contribution in [0.3, 0.4) is 0 Å². The maximum atomic E-state index is 11.9. The van der Waals surface area contributed by atoms with Crippen molar-refractivity contribution in [2.75, 3.05) is 54.6 Å². The van der Waals surface area contributed by atoms with Crippen LogP contribution in [-0.2, 0) is 17.7 Å². The Morgan fingerprint density at radius 2 is 2.06 bits per heavy atom. The van der Waals surface area contributed by atoms with Crippen LogP contribution in [0.25, 0.3) is 11.4 Å². The third-order valence-corrected chi connectivity index (χ3v) is 6.37. The summed E-state index contributed by atoms with van der Waals surface area (Å²) in [5.41, 5.74) is 3.67. The van der Waals surface area contributed by atoms with Gasteiger partial charge in [0.25, 0.3) is 0 Å². The summed E-state index contributed by atoms with van der Waals surface area (Å²) in [7, 11) is 0. The molecule has 4 heterocycles. The molecular weight excluding hydrogens is 460 g/mol. The first kappa shape index (κ1) is 23.9. The highest BCUT2D eigenvalue weighted by atomic mass is 16.5. The molecule has 2 amide bonds. The molecule has 11 nitrogen and oxygen atoms in total. The van der Waals surface area contributed by atoms with Crippen molar-refractivity contribution in [2.24, 2.45) is 0 Å². The second-order valence-corrected chi connectivity index (χ2v) is 8.83. The average Bonchev–Trinajstić information content (AvgIpc) is 2.92. The molecule has 2 aliphatic heterocycles. The quantitative estimate of drug-likeness (QED) is 0.474. The first-order valence-corrected chi connectivity index (χ1v) is 12.1. The van der Waals surface area contributed by atoms with Crippen molar-refractivity contribution in [3.05, 3.63) is 54.1 Å². The molecule has 5 rings (SSSR count). The zero-order valence-corrected chi connectivity index (χ0v) is 20.2. The van der Waals surface area contributed by atoms with Crippen LogP contribution >= 0.6 is 0 Å². The number of carbonyl (C=O) groups excluding carboxylic acids is 1. The normalized spacial score (nSPS) is 17.4. The Hall–Kier alpha value is -3.83. The molecule has 3 N–H and O–H groups in total. The second-order valence-electron chi connectivity index (χ2n) is 8.83. The van der Waals surface area contributed by atoms with Crippen LogP contribution in [-0.4, -0.2) is 76.6 Å². The number of rotatable bonds is 6. The molecule has 36 heavy (non-hydrogen) atoms. The van der Waals surface area contributed by atoms with Gasteiger partial charge in [-0.25, -0.2) is 24.7 Å². The molecule has 0 radical (unpaired) electrons. The molecule has 1 saturated heterocycles. The van der Waals surface area contributed by atoms with E-state index in [4.69, 9.17) is 19.8 Å². The van der Waals surface area contributed by atoms with Crippen molar-refractivity contribution in [3.63, 3.8) is 0 Å². The highest BCUT2D eigenvalue weighted by Crippen LogP contribution is 2.32. The summed E-state index contributed by atoms with van der Waals surface area (Å²) in [6.45, 7) is 5.83. The number of benzene rings is 1. The molecular formula is C25H30N8O3. The average molecular weight is 491 g/mol. The van der Waals surface area contributed by atoms with Crippen molar-refractivity contribution >= 4 is 23.4 Å². The van der Waals surface area contributed by atoms with Gasteiger partial charge in [0.05, 0.1) is 38.1 Å². The monoisotopic (exact) mass is 490 g/mol. The van der Waals surface area contributed by atoms with Gasteiger partial charge in [-0.3, -0.25) is 0 Å². The summed E-state index contributed by atoms with van der Waals surface area (Å²) in [5.74, 6) is 2.49. The smallest absolute Gasteiger partial charge is 0.319 e. The van der Waals surface area contributed by atoms with Gasteiger partial charge in [-0.05, 0) is 43.7 Å². The van der Waals surface area contributed by atoms with Crippen LogP contribution in [0.2, 0.25) is 0 Å². The van der Waals surface area contributed by atoms with E-state index in [0.717, 1.165) is 42.4 Å². The number of anilines is 3. The number of nitrogens with zero attached hydrogens (tertiary/aromatic N) is 6. The van der Waals surface area contributed by atoms with Gasteiger partial charge in [0, 0.05) is 42.6 Å². The van der Waals surface area contributed by atoms with Gasteiger partial charge in [0.1, 0.15) is 18.0 Å². The number of fused-ring (bicyclic) bond motifs is 1. The molecule has 11 heteroatoms. The molecule has 188 valence electrons. The van der Waals surface area contributed by atoms with Crippen LogP contribution < -0.4 is 20.4 Å². The lowest BCUT2D eigenvalue weighted by atomic mass is 10.0. The number of urea groups is 1. The first-order chi connectivity index (χ1) is 17.6. The minimum absolute atomic E-state index is 0.110. The zero-order chi connectivity index (χ0) is 24.9. The largest absolute Gasteiger partial charge is 0.395 e. The van der Waals surface area contributed by atoms with Gasteiger partial charge >= 0.3 is 6.03 Å². The predicted molar refractivity (Wildman–Crippen MR) is 136 cm³/mol. The highest BCUT2D eigenvalue weighted by Gasteiger charge is 2.29. The third kappa shape index (κ3) is 5.21. The summed E-state index contributed by atoms with van der Waals surface area (Å²) in [4.78, 5) is 34.9. The van der Waals surface area contributed by atoms with E-state index in [1.807, 2.05) is 30.3 Å². The molecule has 1 unspecified atom stereocenters. The molecule has 0 aliphatic carbocycles. The Kier molecular flexibility index (Phi) is 7.19. The van der Waals surface area contributed by atoms with Crippen LogP contribution in [0.15, 0.2) is 42.9 Å². The summed E-state index contributed by atoms with van der Waals surface area (Å²) >= 11 is 0. The maximum Gasteiger partial charge on any atom is 0.319 e. The van der Waals surface area contributed by atoms with E-state index in [1.165, 1.54) is 5.56 Å². The molecule has 1 aromatic carbocycles. The van der Waals surface area contributed by atoms with Crippen molar-refractivity contribution in [1.82, 2.24) is 25.3 Å². The van der Waals surface area contributed by atoms with Crippen LogP contribution in [0.1, 0.15) is 18.2 Å². The SMILES string of the molecule is CC1COCCN1c1nc(-c2ccc(NC(=O)NCCO)cc2)nc2c1CCN(c1ccncn1)C2. The van der Waals surface area contributed by atoms with Crippen molar-refractivity contribution in [2.45, 2.75) is 25.9 Å². The number of hydrogen-bond acceptors (Lipinski definition) is 9. The van der Waals surface area contributed by atoms with Crippen molar-refractivity contribution < 1.29 is 14.6 Å². The Bertz CT molecular complexity index is 1190. The molecule has 2 aliphatic rings. The summed E-state index contributed by atoms with van der Waals surface area (Å²) in [6.07, 6.45) is 4.14. The fourth-order valence-electron chi connectivity index (χ4n) is 4.53. The lowest BCUT2D eigenvalue weighted by Gasteiger charge is -2.38. The molecule has 0 saturated carbocycles. The molecule has 3 aromatic rings. The number of amides is 2. The molecule has 0 bridgehead atoms. The van der Waals surface area contributed by atoms with E-state index in [-0.39, 0.29) is 25.2 Å². The van der Waals surface area contributed by atoms with E-state index >= 15 is 0 Å². The van der Waals surface area contributed by atoms with Gasteiger partial charge in [-0.1, -0.05) is 0 Å². The topological polar surface area (TPSA) is 129 Å². The molecule has 0 spiro atoms. The fraction of sp³-hybridized carbons (Fsp3) is 0.400. The summed E-state index contributed by atoms with van der Waals surface area (Å²) in [5, 5.41) is 14.2. The Balaban J connectivity index is 1.46. The summed E-state index contributed by atoms with van der Waals surface area (Å²) in [6, 6.07) is 9.22. The maximum absolute atomic E-state index is 11.9. The Labute approximate surface area is 209 Å². The van der Waals surface area contributed by atoms with Crippen molar-refractivity contribution in [3.8, 4) is 11.4 Å². The minimum Gasteiger partial charge on any atom is -0.395 e. The lowest BCUT2D eigenvalue weighted by molar-refractivity contribution is 0.0984. The number of nitrogens with one attached hydrogen (secondary N) is 2. The van der Waals surface area contributed by atoms with E-state index in [0.29, 0.717) is 31.3 Å². The Morgan fingerprint density at radius 1 is 1.19 bits per heavy atom. The zero-order valence-electron chi connectivity index (χ0n) is 20.2. The number of aliphatic hydroxyl groups is 1. The van der Waals surface area contributed by atoms with Gasteiger partial charge in [-0.15, -0.1) is 0 Å². The van der Waals surface area contributed by atoms with E-state index < -0.39 is 0 Å². The van der Waals surface area contributed by atoms with Gasteiger partial charge in [-0.2, -0.15) is 0 Å². The first-order valence-electron chi connectivity index (χ1n) is 12.1. The number of ether oxygens (including phenoxy) is 1. The Morgan fingerprint density at radius 3 is 2.81 bits per heavy atom. The number of aliphatic hydroxyl groups excluding tert-OH is 1. The van der Waals surface area contributed by atoms with Crippen LogP contribution in [0.5, 0.6) is 0 Å². The van der Waals surface area contributed by atoms with E-state index in [2.05, 4.69) is 37.3 Å². The third-order valence-electron chi connectivity index (χ3n) is 6.37. The number of morpholine rings is 1. The van der Waals surface area contributed by atoms with E-state index in [1.54, 1.807) is 12.5 Å². The van der Waals surface area contributed by atoms with Gasteiger partial charge < -0.3 is 30.3 Å². The number of carbonyl (C=O) groups is 1. The van der Waals surface area contributed by atoms with Crippen LogP contribution in [0.4, 0.5) is 22.1 Å². The number of aromatic nitrogens is 4. The van der Waals surface area contributed by atoms with Crippen molar-refractivity contribution in [1.29, 1.82) is 0 Å². The molecule has 1 atom stereocenters. The predicted octanol–water partition coefficient (Wildman–Crippen LogP) is 1.84. The van der Waals surface area contributed by atoms with E-state index in [9.17, 15) is 4.79 Å². The number of hydrogen-bond donors (Lipinski definition) is 3.